The van der Waals surface area contributed by atoms with Crippen molar-refractivity contribution in [3.05, 3.63) is 65.2 Å². The molecule has 244 valence electrons. The van der Waals surface area contributed by atoms with E-state index in [2.05, 4.69) is 18.1 Å². The van der Waals surface area contributed by atoms with Crippen LogP contribution in [0.2, 0.25) is 0 Å². The van der Waals surface area contributed by atoms with Gasteiger partial charge in [0.05, 0.1) is 18.3 Å². The predicted octanol–water partition coefficient (Wildman–Crippen LogP) is 4.96. The Morgan fingerprint density at radius 2 is 1.87 bits per heavy atom. The summed E-state index contributed by atoms with van der Waals surface area (Å²) < 4.78 is 29.5. The monoisotopic (exact) mass is 642 g/mol. The zero-order valence-electron chi connectivity index (χ0n) is 25.6. The van der Waals surface area contributed by atoms with E-state index in [4.69, 9.17) is 19.7 Å². The molecule has 0 bridgehead atoms. The number of nitrogens with two attached hydrogens (primary N) is 1. The van der Waals surface area contributed by atoms with Crippen LogP contribution in [0.3, 0.4) is 0 Å². The lowest BCUT2D eigenvalue weighted by Gasteiger charge is -2.50. The van der Waals surface area contributed by atoms with Gasteiger partial charge in [-0.1, -0.05) is 31.2 Å². The van der Waals surface area contributed by atoms with Crippen LogP contribution in [0.5, 0.6) is 5.75 Å². The molecule has 3 aliphatic carbocycles. The van der Waals surface area contributed by atoms with Crippen molar-refractivity contribution in [3.63, 3.8) is 0 Å². The molecule has 2 aromatic rings. The summed E-state index contributed by atoms with van der Waals surface area (Å²) >= 11 is 0. The van der Waals surface area contributed by atoms with E-state index in [1.165, 1.54) is 11.1 Å². The fourth-order valence-electron chi connectivity index (χ4n) is 7.82. The van der Waals surface area contributed by atoms with E-state index in [-0.39, 0.29) is 36.9 Å². The Labute approximate surface area is 263 Å². The Kier molecular flexibility index (Phi) is 10.5. The first kappa shape index (κ1) is 33.3. The van der Waals surface area contributed by atoms with Gasteiger partial charge in [-0.05, 0) is 110 Å². The summed E-state index contributed by atoms with van der Waals surface area (Å²) in [5.41, 5.74) is 8.27. The summed E-state index contributed by atoms with van der Waals surface area (Å²) in [4.78, 5) is 44.9. The van der Waals surface area contributed by atoms with Gasteiger partial charge in [0.1, 0.15) is 11.8 Å². The number of aryl methyl sites for hydroxylation is 1. The average molecular weight is 643 g/mol. The summed E-state index contributed by atoms with van der Waals surface area (Å²) in [7, 11) is -4.40. The van der Waals surface area contributed by atoms with Crippen LogP contribution in [0.15, 0.2) is 48.5 Å². The Hall–Kier alpha value is -3.08. The van der Waals surface area contributed by atoms with Crippen LogP contribution < -0.4 is 15.6 Å². The maximum absolute atomic E-state index is 12.6. The maximum atomic E-state index is 12.6. The minimum absolute atomic E-state index is 0.0492. The lowest BCUT2D eigenvalue weighted by molar-refractivity contribution is -0.139. The number of amides is 1. The molecule has 11 nitrogen and oxygen atoms in total. The van der Waals surface area contributed by atoms with E-state index in [0.717, 1.165) is 38.5 Å². The normalized spacial score (nSPS) is 27.3. The lowest BCUT2D eigenvalue weighted by Crippen LogP contribution is -2.44. The number of aliphatic carboxylic acids is 1. The highest BCUT2D eigenvalue weighted by molar-refractivity contribution is 7.50. The van der Waals surface area contributed by atoms with Crippen LogP contribution in [0.4, 0.5) is 0 Å². The molecule has 0 heterocycles. The summed E-state index contributed by atoms with van der Waals surface area (Å²) in [6.45, 7) is 2.62. The van der Waals surface area contributed by atoms with Gasteiger partial charge in [-0.25, -0.2) is 14.4 Å². The van der Waals surface area contributed by atoms with Gasteiger partial charge in [0.25, 0.3) is 0 Å². The molecule has 5 rings (SSSR count). The first-order valence-corrected chi connectivity index (χ1v) is 17.3. The maximum Gasteiger partial charge on any atom is 0.403 e. The fraction of sp³-hybridized carbons (Fsp3) is 0.545. The van der Waals surface area contributed by atoms with Gasteiger partial charge in [0.15, 0.2) is 0 Å². The molecule has 0 saturated heterocycles. The highest BCUT2D eigenvalue weighted by Crippen LogP contribution is 2.61. The first-order chi connectivity index (χ1) is 21.5. The second-order valence-corrected chi connectivity index (χ2v) is 14.3. The van der Waals surface area contributed by atoms with Gasteiger partial charge in [0.2, 0.25) is 5.91 Å². The summed E-state index contributed by atoms with van der Waals surface area (Å²) in [6.07, 6.45) is 6.21. The number of carbonyl (C=O) groups is 3. The zero-order chi connectivity index (χ0) is 32.2. The van der Waals surface area contributed by atoms with Crippen LogP contribution in [0.25, 0.3) is 0 Å². The molecule has 3 aliphatic rings. The predicted molar refractivity (Wildman–Crippen MR) is 166 cm³/mol. The van der Waals surface area contributed by atoms with Crippen LogP contribution in [0, 0.1) is 17.3 Å². The molecular weight excluding hydrogens is 599 g/mol. The summed E-state index contributed by atoms with van der Waals surface area (Å²) in [6, 6.07) is 13.7. The average Bonchev–Trinajstić information content (AvgIpc) is 3.35. The van der Waals surface area contributed by atoms with E-state index in [1.807, 2.05) is 30.3 Å². The molecule has 5 unspecified atom stereocenters. The zero-order valence-corrected chi connectivity index (χ0v) is 26.5. The standard InChI is InChI=1S/C33H43N2O9P/c1-33-17-16-25-24-11-9-23(44-32(39)21-6-3-2-4-7-21)20-22(24)8-10-26(25)27(33)12-14-29(33)42-18-5-19-43-45(40,41)35-28(31(37)38)13-15-30(34)36/h2-4,6-7,9,11,20,25-29H,5,8,10,12-19H2,1H3,(H2,34,36)(H,37,38)(H2,35,40,41)/t25?,26?,27?,28-,29?,33-/m0/s1. The summed E-state index contributed by atoms with van der Waals surface area (Å²) in [5, 5.41) is 11.4. The van der Waals surface area contributed by atoms with Crippen molar-refractivity contribution in [2.75, 3.05) is 13.2 Å². The van der Waals surface area contributed by atoms with Gasteiger partial charge in [0, 0.05) is 13.0 Å². The number of benzene rings is 2. The fourth-order valence-corrected chi connectivity index (χ4v) is 8.91. The molecular formula is C33H43N2O9P. The van der Waals surface area contributed by atoms with Crippen molar-refractivity contribution >= 4 is 25.6 Å². The number of rotatable bonds is 14. The molecule has 0 aromatic heterocycles. The Bertz CT molecular complexity index is 1440. The van der Waals surface area contributed by atoms with Crippen LogP contribution >= 0.6 is 7.75 Å². The van der Waals surface area contributed by atoms with Crippen molar-refractivity contribution in [1.82, 2.24) is 5.09 Å². The highest BCUT2D eigenvalue weighted by atomic mass is 31.2. The van der Waals surface area contributed by atoms with Crippen molar-refractivity contribution in [1.29, 1.82) is 0 Å². The van der Waals surface area contributed by atoms with Crippen molar-refractivity contribution in [3.8, 4) is 5.75 Å². The lowest BCUT2D eigenvalue weighted by atomic mass is 9.55. The third-order valence-electron chi connectivity index (χ3n) is 10.0. The number of hydrogen-bond donors (Lipinski definition) is 4. The van der Waals surface area contributed by atoms with Gasteiger partial charge in [-0.3, -0.25) is 14.1 Å². The van der Waals surface area contributed by atoms with E-state index in [1.54, 1.807) is 12.1 Å². The van der Waals surface area contributed by atoms with E-state index < -0.39 is 25.7 Å². The molecule has 0 aliphatic heterocycles. The SMILES string of the molecule is C[C@]12CCC3c4ccc(OC(=O)c5ccccc5)cc4CCC3C1CCC2OCCCOP(=O)(O)N[C@@H](CCC(N)=O)C(=O)O. The largest absolute Gasteiger partial charge is 0.480 e. The van der Waals surface area contributed by atoms with Gasteiger partial charge in [-0.2, -0.15) is 0 Å². The number of ether oxygens (including phenoxy) is 2. The second kappa shape index (κ2) is 14.1. The van der Waals surface area contributed by atoms with Crippen molar-refractivity contribution < 1.29 is 42.9 Å². The number of nitrogens with one attached hydrogen (secondary N) is 1. The number of carboxylic acid groups (broad SMARTS) is 1. The molecule has 2 saturated carbocycles. The van der Waals surface area contributed by atoms with Crippen LogP contribution in [-0.2, 0) is 29.8 Å². The summed E-state index contributed by atoms with van der Waals surface area (Å²) in [5.74, 6) is -0.264. The third-order valence-corrected chi connectivity index (χ3v) is 11.2. The molecule has 0 spiro atoms. The molecule has 0 radical (unpaired) electrons. The molecule has 2 fully saturated rings. The second-order valence-electron chi connectivity index (χ2n) is 12.7. The molecule has 45 heavy (non-hydrogen) atoms. The first-order valence-electron chi connectivity index (χ1n) is 15.7. The minimum Gasteiger partial charge on any atom is -0.480 e. The number of carboxylic acids is 1. The smallest absolute Gasteiger partial charge is 0.403 e. The number of hydrogen-bond acceptors (Lipinski definition) is 7. The number of carbonyl (C=O) groups excluding carboxylic acids is 2. The molecule has 5 N–H and O–H groups in total. The molecule has 12 heteroatoms. The molecule has 1 amide bonds. The Balaban J connectivity index is 1.11. The van der Waals surface area contributed by atoms with Crippen LogP contribution in [0.1, 0.15) is 85.7 Å². The topological polar surface area (TPSA) is 174 Å². The number of primary amides is 1. The minimum atomic E-state index is -4.40. The van der Waals surface area contributed by atoms with E-state index >= 15 is 0 Å². The molecule has 2 aromatic carbocycles. The van der Waals surface area contributed by atoms with Gasteiger partial charge >= 0.3 is 19.7 Å². The van der Waals surface area contributed by atoms with Gasteiger partial charge in [-0.15, -0.1) is 0 Å². The van der Waals surface area contributed by atoms with E-state index in [9.17, 15) is 28.9 Å². The van der Waals surface area contributed by atoms with Crippen LogP contribution in [-0.4, -0.2) is 53.2 Å². The van der Waals surface area contributed by atoms with E-state index in [0.29, 0.717) is 42.1 Å². The van der Waals surface area contributed by atoms with Crippen molar-refractivity contribution in [2.45, 2.75) is 82.8 Å². The highest BCUT2D eigenvalue weighted by Gasteiger charge is 2.55. The van der Waals surface area contributed by atoms with Gasteiger partial charge < -0.3 is 25.2 Å². The quantitative estimate of drug-likeness (QED) is 0.0954. The Morgan fingerprint density at radius 3 is 2.60 bits per heavy atom. The Morgan fingerprint density at radius 1 is 1.09 bits per heavy atom. The van der Waals surface area contributed by atoms with Crippen molar-refractivity contribution in [2.24, 2.45) is 23.0 Å². The third kappa shape index (κ3) is 7.84. The number of esters is 1. The molecule has 7 atom stereocenters. The number of fused-ring (bicyclic) bond motifs is 5.